The van der Waals surface area contributed by atoms with E-state index in [1.165, 1.54) is 6.33 Å². The van der Waals surface area contributed by atoms with Gasteiger partial charge in [-0.3, -0.25) is 9.36 Å². The summed E-state index contributed by atoms with van der Waals surface area (Å²) < 4.78 is 7.09. The molecule has 1 saturated heterocycles. The molecular weight excluding hydrogens is 260 g/mol. The largest absolute Gasteiger partial charge is 0.378 e. The van der Waals surface area contributed by atoms with E-state index in [0.29, 0.717) is 19.7 Å². The van der Waals surface area contributed by atoms with Gasteiger partial charge in [0.2, 0.25) is 5.91 Å². The molecule has 0 radical (unpaired) electrons. The highest BCUT2D eigenvalue weighted by Crippen LogP contribution is 2.36. The maximum Gasteiger partial charge on any atom is 0.343 e. The molecule has 2 aliphatic rings. The number of aromatic amines is 1. The van der Waals surface area contributed by atoms with Gasteiger partial charge in [-0.25, -0.2) is 9.89 Å². The first-order valence-corrected chi connectivity index (χ1v) is 7.22. The van der Waals surface area contributed by atoms with Gasteiger partial charge < -0.3 is 9.64 Å². The quantitative estimate of drug-likeness (QED) is 0.852. The zero-order valence-corrected chi connectivity index (χ0v) is 11.6. The minimum absolute atomic E-state index is 0.0585. The van der Waals surface area contributed by atoms with Crippen LogP contribution in [0.25, 0.3) is 0 Å². The van der Waals surface area contributed by atoms with Crippen molar-refractivity contribution < 1.29 is 9.53 Å². The molecule has 110 valence electrons. The maximum absolute atomic E-state index is 12.3. The summed E-state index contributed by atoms with van der Waals surface area (Å²) in [7, 11) is 0. The van der Waals surface area contributed by atoms with Crippen LogP contribution in [0.15, 0.2) is 11.1 Å². The van der Waals surface area contributed by atoms with Gasteiger partial charge >= 0.3 is 5.69 Å². The molecule has 7 nitrogen and oxygen atoms in total. The monoisotopic (exact) mass is 280 g/mol. The van der Waals surface area contributed by atoms with Crippen molar-refractivity contribution in [2.75, 3.05) is 19.7 Å². The average Bonchev–Trinajstić information content (AvgIpc) is 3.10. The van der Waals surface area contributed by atoms with Crippen LogP contribution in [0.4, 0.5) is 0 Å². The van der Waals surface area contributed by atoms with E-state index in [-0.39, 0.29) is 29.7 Å². The predicted molar refractivity (Wildman–Crippen MR) is 71.2 cm³/mol. The van der Waals surface area contributed by atoms with Gasteiger partial charge in [-0.1, -0.05) is 0 Å². The van der Waals surface area contributed by atoms with Crippen molar-refractivity contribution in [3.05, 3.63) is 16.8 Å². The molecule has 1 saturated carbocycles. The Hall–Kier alpha value is -1.63. The Kier molecular flexibility index (Phi) is 3.60. The predicted octanol–water partition coefficient (Wildman–Crippen LogP) is 0.160. The lowest BCUT2D eigenvalue weighted by Gasteiger charge is -2.32. The SMILES string of the molecule is CCOC1CC1C(=O)N1CCC(n2cn[nH]c2=O)CC1. The molecule has 7 heteroatoms. The van der Waals surface area contributed by atoms with Gasteiger partial charge in [0.05, 0.1) is 12.0 Å². The third-order valence-corrected chi connectivity index (χ3v) is 4.18. The molecule has 0 aromatic carbocycles. The number of nitrogens with zero attached hydrogens (tertiary/aromatic N) is 3. The highest BCUT2D eigenvalue weighted by atomic mass is 16.5. The van der Waals surface area contributed by atoms with Crippen molar-refractivity contribution in [3.63, 3.8) is 0 Å². The number of likely N-dealkylation sites (tertiary alicyclic amines) is 1. The molecule has 1 N–H and O–H groups in total. The van der Waals surface area contributed by atoms with Crippen LogP contribution in [0.3, 0.4) is 0 Å². The summed E-state index contributed by atoms with van der Waals surface area (Å²) in [5.41, 5.74) is -0.173. The molecule has 0 spiro atoms. The lowest BCUT2D eigenvalue weighted by molar-refractivity contribution is -0.134. The van der Waals surface area contributed by atoms with E-state index in [1.807, 2.05) is 11.8 Å². The van der Waals surface area contributed by atoms with E-state index in [2.05, 4.69) is 10.2 Å². The third kappa shape index (κ3) is 2.49. The molecule has 1 aliphatic carbocycles. The van der Waals surface area contributed by atoms with Gasteiger partial charge in [-0.15, -0.1) is 0 Å². The van der Waals surface area contributed by atoms with Crippen molar-refractivity contribution in [1.29, 1.82) is 0 Å². The van der Waals surface area contributed by atoms with Crippen LogP contribution >= 0.6 is 0 Å². The van der Waals surface area contributed by atoms with Gasteiger partial charge in [0.1, 0.15) is 6.33 Å². The Morgan fingerprint density at radius 1 is 1.50 bits per heavy atom. The number of ether oxygens (including phenoxy) is 1. The molecular formula is C13H20N4O3. The first kappa shape index (κ1) is 13.4. The second-order valence-electron chi connectivity index (χ2n) is 5.46. The molecule has 1 aromatic heterocycles. The summed E-state index contributed by atoms with van der Waals surface area (Å²) in [6.07, 6.45) is 4.13. The van der Waals surface area contributed by atoms with Gasteiger partial charge in [0.15, 0.2) is 0 Å². The third-order valence-electron chi connectivity index (χ3n) is 4.18. The van der Waals surface area contributed by atoms with Crippen LogP contribution in [0.1, 0.15) is 32.2 Å². The molecule has 2 unspecified atom stereocenters. The van der Waals surface area contributed by atoms with Crippen molar-refractivity contribution in [2.24, 2.45) is 5.92 Å². The highest BCUT2D eigenvalue weighted by Gasteiger charge is 2.46. The summed E-state index contributed by atoms with van der Waals surface area (Å²) in [5.74, 6) is 0.268. The van der Waals surface area contributed by atoms with Gasteiger partial charge in [0, 0.05) is 25.7 Å². The number of amides is 1. The number of carbonyl (C=O) groups is 1. The van der Waals surface area contributed by atoms with Crippen molar-refractivity contribution in [3.8, 4) is 0 Å². The lowest BCUT2D eigenvalue weighted by Crippen LogP contribution is -2.41. The summed E-state index contributed by atoms with van der Waals surface area (Å²) in [5, 5.41) is 6.16. The smallest absolute Gasteiger partial charge is 0.343 e. The van der Waals surface area contributed by atoms with Crippen LogP contribution in [-0.2, 0) is 9.53 Å². The van der Waals surface area contributed by atoms with Gasteiger partial charge in [-0.2, -0.15) is 5.10 Å². The summed E-state index contributed by atoms with van der Waals surface area (Å²) in [6.45, 7) is 4.03. The summed E-state index contributed by atoms with van der Waals surface area (Å²) in [6, 6.07) is 0.146. The van der Waals surface area contributed by atoms with E-state index in [0.717, 1.165) is 19.3 Å². The second kappa shape index (κ2) is 5.40. The highest BCUT2D eigenvalue weighted by molar-refractivity contribution is 5.82. The van der Waals surface area contributed by atoms with Crippen molar-refractivity contribution >= 4 is 5.91 Å². The Balaban J connectivity index is 1.53. The van der Waals surface area contributed by atoms with E-state index in [1.54, 1.807) is 4.57 Å². The summed E-state index contributed by atoms with van der Waals surface area (Å²) >= 11 is 0. The normalized spacial score (nSPS) is 26.8. The molecule has 1 amide bonds. The molecule has 0 bridgehead atoms. The zero-order chi connectivity index (χ0) is 14.1. The zero-order valence-electron chi connectivity index (χ0n) is 11.6. The first-order chi connectivity index (χ1) is 9.70. The number of H-pyrrole nitrogens is 1. The summed E-state index contributed by atoms with van der Waals surface area (Å²) in [4.78, 5) is 25.7. The second-order valence-corrected chi connectivity index (χ2v) is 5.46. The Bertz CT molecular complexity index is 530. The van der Waals surface area contributed by atoms with Crippen LogP contribution in [0, 0.1) is 5.92 Å². The van der Waals surface area contributed by atoms with Gasteiger partial charge in [0.25, 0.3) is 0 Å². The fraction of sp³-hybridized carbons (Fsp3) is 0.769. The minimum atomic E-state index is -0.173. The minimum Gasteiger partial charge on any atom is -0.378 e. The average molecular weight is 280 g/mol. The van der Waals surface area contributed by atoms with Crippen molar-refractivity contribution in [2.45, 2.75) is 38.3 Å². The number of hydrogen-bond acceptors (Lipinski definition) is 4. The number of carbonyl (C=O) groups excluding carboxylic acids is 1. The molecule has 2 atom stereocenters. The Morgan fingerprint density at radius 3 is 2.85 bits per heavy atom. The lowest BCUT2D eigenvalue weighted by atomic mass is 10.0. The van der Waals surface area contributed by atoms with Crippen LogP contribution in [0.2, 0.25) is 0 Å². The fourth-order valence-corrected chi connectivity index (χ4v) is 2.95. The van der Waals surface area contributed by atoms with E-state index in [9.17, 15) is 9.59 Å². The fourth-order valence-electron chi connectivity index (χ4n) is 2.95. The number of piperidine rings is 1. The molecule has 1 aromatic rings. The standard InChI is InChI=1S/C13H20N4O3/c1-2-20-11-7-10(11)12(18)16-5-3-9(4-6-16)17-8-14-15-13(17)19/h8-11H,2-7H2,1H3,(H,15,19). The topological polar surface area (TPSA) is 80.2 Å². The Labute approximate surface area is 116 Å². The van der Waals surface area contributed by atoms with E-state index < -0.39 is 0 Å². The number of aromatic nitrogens is 3. The Morgan fingerprint density at radius 2 is 2.25 bits per heavy atom. The molecule has 1 aliphatic heterocycles. The van der Waals surface area contributed by atoms with Crippen LogP contribution in [0.5, 0.6) is 0 Å². The molecule has 2 heterocycles. The molecule has 3 rings (SSSR count). The number of hydrogen-bond donors (Lipinski definition) is 1. The molecule has 20 heavy (non-hydrogen) atoms. The van der Waals surface area contributed by atoms with Gasteiger partial charge in [-0.05, 0) is 26.2 Å². The van der Waals surface area contributed by atoms with E-state index >= 15 is 0 Å². The van der Waals surface area contributed by atoms with E-state index in [4.69, 9.17) is 4.74 Å². The maximum atomic E-state index is 12.3. The molecule has 2 fully saturated rings. The number of rotatable bonds is 4. The van der Waals surface area contributed by atoms with Crippen LogP contribution < -0.4 is 5.69 Å². The number of nitrogens with one attached hydrogen (secondary N) is 1. The van der Waals surface area contributed by atoms with Crippen molar-refractivity contribution in [1.82, 2.24) is 19.7 Å². The first-order valence-electron chi connectivity index (χ1n) is 7.22. The van der Waals surface area contributed by atoms with Crippen LogP contribution in [-0.4, -0.2) is 51.4 Å².